The van der Waals surface area contributed by atoms with Crippen LogP contribution in [0.5, 0.6) is 0 Å². The average molecular weight is 241 g/mol. The molecule has 0 radical (unpaired) electrons. The Hall–Kier alpha value is -1.33. The van der Waals surface area contributed by atoms with Gasteiger partial charge in [-0.1, -0.05) is 17.7 Å². The number of hydrogen-bond donors (Lipinski definition) is 1. The largest absolute Gasteiger partial charge is 0.465 e. The first-order valence-corrected chi connectivity index (χ1v) is 5.26. The molecule has 0 saturated carbocycles. The lowest BCUT2D eigenvalue weighted by Gasteiger charge is -2.45. The molecule has 16 heavy (non-hydrogen) atoms. The Morgan fingerprint density at radius 3 is 3.00 bits per heavy atom. The molecule has 84 valence electrons. The van der Waals surface area contributed by atoms with Gasteiger partial charge in [-0.25, -0.2) is 9.78 Å². The van der Waals surface area contributed by atoms with Gasteiger partial charge >= 0.3 is 6.09 Å². The topological polar surface area (TPSA) is 62.7 Å². The summed E-state index contributed by atoms with van der Waals surface area (Å²) in [5.74, 6) is 0. The monoisotopic (exact) mass is 240 g/mol. The number of carbonyl (C=O) groups is 1. The van der Waals surface area contributed by atoms with E-state index in [-0.39, 0.29) is 0 Å². The van der Waals surface area contributed by atoms with Crippen LogP contribution in [0.3, 0.4) is 0 Å². The summed E-state index contributed by atoms with van der Waals surface area (Å²) in [7, 11) is 0. The highest BCUT2D eigenvalue weighted by atomic mass is 35.5. The predicted molar refractivity (Wildman–Crippen MR) is 55.3 cm³/mol. The Morgan fingerprint density at radius 2 is 2.31 bits per heavy atom. The van der Waals surface area contributed by atoms with E-state index in [1.807, 2.05) is 6.07 Å². The summed E-state index contributed by atoms with van der Waals surface area (Å²) in [6.45, 7) is 1.15. The summed E-state index contributed by atoms with van der Waals surface area (Å²) < 4.78 is 5.66. The van der Waals surface area contributed by atoms with Gasteiger partial charge in [-0.3, -0.25) is 0 Å². The zero-order chi connectivity index (χ0) is 11.3. The average Bonchev–Trinajstić information content (AvgIpc) is 2.53. The second-order valence-electron chi connectivity index (χ2n) is 4.05. The highest BCUT2D eigenvalue weighted by Gasteiger charge is 2.52. The molecule has 6 heteroatoms. The molecule has 1 spiro atoms. The van der Waals surface area contributed by atoms with Gasteiger partial charge in [-0.05, 0) is 6.07 Å². The molecule has 2 aliphatic rings. The summed E-state index contributed by atoms with van der Waals surface area (Å²) in [6.07, 6.45) is -0.912. The van der Waals surface area contributed by atoms with Crippen molar-refractivity contribution >= 4 is 17.7 Å². The summed E-state index contributed by atoms with van der Waals surface area (Å²) in [6, 6.07) is 3.58. The van der Waals surface area contributed by atoms with E-state index < -0.39 is 11.7 Å². The minimum atomic E-state index is -0.912. The van der Waals surface area contributed by atoms with Crippen LogP contribution in [0.1, 0.15) is 11.3 Å². The molecule has 3 rings (SSSR count). The lowest BCUT2D eigenvalue weighted by molar-refractivity contribution is -0.129. The Kier molecular flexibility index (Phi) is 1.90. The number of fused-ring (bicyclic) bond motifs is 2. The van der Waals surface area contributed by atoms with Crippen LogP contribution in [0, 0.1) is 0 Å². The van der Waals surface area contributed by atoms with Gasteiger partial charge in [0.05, 0.1) is 25.4 Å². The van der Waals surface area contributed by atoms with Crippen molar-refractivity contribution in [3.8, 4) is 0 Å². The first-order chi connectivity index (χ1) is 7.61. The molecule has 1 fully saturated rings. The summed E-state index contributed by atoms with van der Waals surface area (Å²) in [5, 5.41) is 9.24. The molecule has 0 atom stereocenters. The lowest BCUT2D eigenvalue weighted by atomic mass is 9.87. The van der Waals surface area contributed by atoms with E-state index in [2.05, 4.69) is 4.98 Å². The van der Waals surface area contributed by atoms with E-state index in [1.54, 1.807) is 6.07 Å². The summed E-state index contributed by atoms with van der Waals surface area (Å²) >= 11 is 5.79. The third-order valence-corrected chi connectivity index (χ3v) is 3.29. The van der Waals surface area contributed by atoms with Crippen LogP contribution in [0.2, 0.25) is 5.15 Å². The standard InChI is InChI=1S/C10H9ClN2O3/c11-8-2-1-6-7(12-8)3-16-10(6)4-13(5-10)9(14)15/h1-2H,3-5H2,(H,14,15). The van der Waals surface area contributed by atoms with Gasteiger partial charge in [0.2, 0.25) is 0 Å². The predicted octanol–water partition coefficient (Wildman–Crippen LogP) is 1.45. The van der Waals surface area contributed by atoms with Crippen LogP contribution in [0.25, 0.3) is 0 Å². The Labute approximate surface area is 96.6 Å². The molecule has 0 aromatic carbocycles. The molecule has 3 heterocycles. The van der Waals surface area contributed by atoms with E-state index in [0.717, 1.165) is 11.3 Å². The van der Waals surface area contributed by atoms with Gasteiger partial charge in [0.25, 0.3) is 0 Å². The number of likely N-dealkylation sites (tertiary alicyclic amines) is 1. The van der Waals surface area contributed by atoms with E-state index >= 15 is 0 Å². The zero-order valence-corrected chi connectivity index (χ0v) is 9.07. The fourth-order valence-electron chi connectivity index (χ4n) is 2.25. The van der Waals surface area contributed by atoms with Crippen molar-refractivity contribution in [2.24, 2.45) is 0 Å². The number of rotatable bonds is 0. The van der Waals surface area contributed by atoms with Crippen LogP contribution in [-0.4, -0.2) is 34.2 Å². The Bertz CT molecular complexity index is 471. The molecule has 1 aromatic rings. The van der Waals surface area contributed by atoms with Gasteiger partial charge in [-0.2, -0.15) is 0 Å². The van der Waals surface area contributed by atoms with Crippen LogP contribution >= 0.6 is 11.6 Å². The Morgan fingerprint density at radius 1 is 1.56 bits per heavy atom. The van der Waals surface area contributed by atoms with Gasteiger partial charge in [-0.15, -0.1) is 0 Å². The SMILES string of the molecule is O=C(O)N1CC2(C1)OCc1nc(Cl)ccc12. The maximum absolute atomic E-state index is 10.7. The second kappa shape index (κ2) is 3.09. The molecule has 0 aliphatic carbocycles. The van der Waals surface area contributed by atoms with Crippen molar-refractivity contribution in [1.29, 1.82) is 0 Å². The number of halogens is 1. The molecule has 5 nitrogen and oxygen atoms in total. The smallest absolute Gasteiger partial charge is 0.407 e. The number of nitrogens with zero attached hydrogens (tertiary/aromatic N) is 2. The zero-order valence-electron chi connectivity index (χ0n) is 8.31. The number of amides is 1. The number of hydrogen-bond acceptors (Lipinski definition) is 3. The maximum Gasteiger partial charge on any atom is 0.407 e. The molecule has 2 aliphatic heterocycles. The van der Waals surface area contributed by atoms with Crippen LogP contribution in [-0.2, 0) is 16.9 Å². The van der Waals surface area contributed by atoms with E-state index in [0.29, 0.717) is 24.8 Å². The third kappa shape index (κ3) is 1.22. The number of carboxylic acid groups (broad SMARTS) is 1. The number of ether oxygens (including phenoxy) is 1. The van der Waals surface area contributed by atoms with Crippen molar-refractivity contribution in [1.82, 2.24) is 9.88 Å². The summed E-state index contributed by atoms with van der Waals surface area (Å²) in [4.78, 5) is 16.2. The highest BCUT2D eigenvalue weighted by molar-refractivity contribution is 6.29. The highest BCUT2D eigenvalue weighted by Crippen LogP contribution is 2.42. The first kappa shape index (κ1) is 9.86. The van der Waals surface area contributed by atoms with E-state index in [1.165, 1.54) is 4.90 Å². The quantitative estimate of drug-likeness (QED) is 0.698. The number of pyridine rings is 1. The Balaban J connectivity index is 1.91. The second-order valence-corrected chi connectivity index (χ2v) is 4.44. The van der Waals surface area contributed by atoms with Crippen LogP contribution in [0.4, 0.5) is 4.79 Å². The van der Waals surface area contributed by atoms with Crippen LogP contribution < -0.4 is 0 Å². The molecule has 1 aromatic heterocycles. The van der Waals surface area contributed by atoms with Crippen molar-refractivity contribution in [3.63, 3.8) is 0 Å². The first-order valence-electron chi connectivity index (χ1n) is 4.88. The molecule has 0 bridgehead atoms. The van der Waals surface area contributed by atoms with Gasteiger partial charge < -0.3 is 14.7 Å². The molecule has 0 unspecified atom stereocenters. The number of aromatic nitrogens is 1. The maximum atomic E-state index is 10.7. The third-order valence-electron chi connectivity index (χ3n) is 3.08. The van der Waals surface area contributed by atoms with Gasteiger partial charge in [0.1, 0.15) is 10.8 Å². The van der Waals surface area contributed by atoms with Crippen molar-refractivity contribution < 1.29 is 14.6 Å². The summed E-state index contributed by atoms with van der Waals surface area (Å²) in [5.41, 5.74) is 1.30. The molecule has 1 amide bonds. The fraction of sp³-hybridized carbons (Fsp3) is 0.400. The van der Waals surface area contributed by atoms with E-state index in [9.17, 15) is 4.79 Å². The molecular weight excluding hydrogens is 232 g/mol. The van der Waals surface area contributed by atoms with Gasteiger partial charge in [0, 0.05) is 5.56 Å². The van der Waals surface area contributed by atoms with Crippen molar-refractivity contribution in [3.05, 3.63) is 28.5 Å². The molecule has 1 N–H and O–H groups in total. The van der Waals surface area contributed by atoms with Gasteiger partial charge in [0.15, 0.2) is 0 Å². The van der Waals surface area contributed by atoms with Crippen molar-refractivity contribution in [2.45, 2.75) is 12.2 Å². The van der Waals surface area contributed by atoms with E-state index in [4.69, 9.17) is 21.4 Å². The minimum Gasteiger partial charge on any atom is -0.465 e. The lowest BCUT2D eigenvalue weighted by Crippen LogP contribution is -2.60. The minimum absolute atomic E-state index is 0.374. The van der Waals surface area contributed by atoms with Crippen molar-refractivity contribution in [2.75, 3.05) is 13.1 Å². The molecule has 1 saturated heterocycles. The normalized spacial score (nSPS) is 20.7. The van der Waals surface area contributed by atoms with Crippen LogP contribution in [0.15, 0.2) is 12.1 Å². The molecular formula is C10H9ClN2O3. The fourth-order valence-corrected chi connectivity index (χ4v) is 2.42.